The van der Waals surface area contributed by atoms with Gasteiger partial charge in [-0.15, -0.1) is 0 Å². The van der Waals surface area contributed by atoms with E-state index < -0.39 is 0 Å². The van der Waals surface area contributed by atoms with E-state index in [1.54, 1.807) is 6.07 Å². The summed E-state index contributed by atoms with van der Waals surface area (Å²) in [5.41, 5.74) is 1.72. The van der Waals surface area contributed by atoms with E-state index in [2.05, 4.69) is 5.32 Å². The number of carbonyl (C=O) groups excluding carboxylic acids is 2. The van der Waals surface area contributed by atoms with E-state index in [4.69, 9.17) is 16.3 Å². The Bertz CT molecular complexity index is 636. The number of hydrogen-bond donors (Lipinski definition) is 1. The standard InChI is InChI=1S/C19H25ClN2O3/c1-13-2-7-16(12-17(13)20)21-18(23)14-3-5-15(6-4-14)19(24)22-8-10-25-11-9-22/h2,7,12,14-15H,3-6,8-11H2,1H3,(H,21,23). The smallest absolute Gasteiger partial charge is 0.227 e. The number of rotatable bonds is 3. The molecule has 0 unspecified atom stereocenters. The molecule has 1 saturated carbocycles. The van der Waals surface area contributed by atoms with Crippen LogP contribution in [-0.2, 0) is 14.3 Å². The summed E-state index contributed by atoms with van der Waals surface area (Å²) in [4.78, 5) is 26.9. The Hall–Kier alpha value is -1.59. The van der Waals surface area contributed by atoms with Gasteiger partial charge in [0.2, 0.25) is 11.8 Å². The molecule has 2 aliphatic rings. The van der Waals surface area contributed by atoms with Gasteiger partial charge in [-0.2, -0.15) is 0 Å². The van der Waals surface area contributed by atoms with Gasteiger partial charge in [0, 0.05) is 35.6 Å². The van der Waals surface area contributed by atoms with Crippen molar-refractivity contribution in [3.63, 3.8) is 0 Å². The van der Waals surface area contributed by atoms with Gasteiger partial charge in [-0.1, -0.05) is 17.7 Å². The second-order valence-corrected chi connectivity index (χ2v) is 7.35. The van der Waals surface area contributed by atoms with Crippen molar-refractivity contribution in [1.29, 1.82) is 0 Å². The summed E-state index contributed by atoms with van der Waals surface area (Å²) in [6.07, 6.45) is 3.07. The van der Waals surface area contributed by atoms with Crippen molar-refractivity contribution >= 4 is 29.1 Å². The first-order valence-corrected chi connectivity index (χ1v) is 9.36. The fourth-order valence-corrected chi connectivity index (χ4v) is 3.74. The summed E-state index contributed by atoms with van der Waals surface area (Å²) in [5.74, 6) is 0.273. The number of nitrogens with one attached hydrogen (secondary N) is 1. The molecule has 1 saturated heterocycles. The quantitative estimate of drug-likeness (QED) is 0.895. The van der Waals surface area contributed by atoms with Gasteiger partial charge < -0.3 is 15.0 Å². The van der Waals surface area contributed by atoms with Crippen LogP contribution in [0.4, 0.5) is 5.69 Å². The lowest BCUT2D eigenvalue weighted by molar-refractivity contribution is -0.141. The van der Waals surface area contributed by atoms with Crippen molar-refractivity contribution < 1.29 is 14.3 Å². The van der Waals surface area contributed by atoms with Crippen molar-refractivity contribution in [2.24, 2.45) is 11.8 Å². The predicted molar refractivity (Wildman–Crippen MR) is 97.7 cm³/mol. The lowest BCUT2D eigenvalue weighted by Gasteiger charge is -2.33. The van der Waals surface area contributed by atoms with Crippen LogP contribution in [0.1, 0.15) is 31.2 Å². The van der Waals surface area contributed by atoms with Crippen LogP contribution in [0.25, 0.3) is 0 Å². The maximum absolute atomic E-state index is 12.5. The number of ether oxygens (including phenoxy) is 1. The number of carbonyl (C=O) groups is 2. The Morgan fingerprint density at radius 3 is 2.40 bits per heavy atom. The van der Waals surface area contributed by atoms with E-state index in [0.717, 1.165) is 36.9 Å². The highest BCUT2D eigenvalue weighted by Gasteiger charge is 2.32. The number of amides is 2. The molecule has 0 aromatic heterocycles. The molecule has 25 heavy (non-hydrogen) atoms. The molecular formula is C19H25ClN2O3. The second-order valence-electron chi connectivity index (χ2n) is 6.94. The largest absolute Gasteiger partial charge is 0.378 e. The molecule has 1 N–H and O–H groups in total. The molecule has 1 aliphatic carbocycles. The van der Waals surface area contributed by atoms with Crippen molar-refractivity contribution in [3.05, 3.63) is 28.8 Å². The van der Waals surface area contributed by atoms with Gasteiger partial charge >= 0.3 is 0 Å². The van der Waals surface area contributed by atoms with Gasteiger partial charge in [-0.05, 0) is 50.3 Å². The summed E-state index contributed by atoms with van der Waals surface area (Å²) >= 11 is 6.11. The van der Waals surface area contributed by atoms with Crippen LogP contribution in [0.15, 0.2) is 18.2 Å². The Balaban J connectivity index is 1.50. The van der Waals surface area contributed by atoms with Crippen molar-refractivity contribution in [1.82, 2.24) is 4.90 Å². The van der Waals surface area contributed by atoms with Gasteiger partial charge in [0.05, 0.1) is 13.2 Å². The molecule has 1 aromatic rings. The van der Waals surface area contributed by atoms with Gasteiger partial charge in [0.15, 0.2) is 0 Å². The Labute approximate surface area is 153 Å². The molecule has 1 aromatic carbocycles. The van der Waals surface area contributed by atoms with Crippen LogP contribution < -0.4 is 5.32 Å². The Morgan fingerprint density at radius 1 is 1.12 bits per heavy atom. The number of hydrogen-bond acceptors (Lipinski definition) is 3. The zero-order valence-electron chi connectivity index (χ0n) is 14.6. The lowest BCUT2D eigenvalue weighted by Crippen LogP contribution is -2.44. The zero-order chi connectivity index (χ0) is 17.8. The number of aryl methyl sites for hydroxylation is 1. The SMILES string of the molecule is Cc1ccc(NC(=O)C2CCC(C(=O)N3CCOCC3)CC2)cc1Cl. The summed E-state index contributed by atoms with van der Waals surface area (Å²) in [6.45, 7) is 4.56. The topological polar surface area (TPSA) is 58.6 Å². The Morgan fingerprint density at radius 2 is 1.76 bits per heavy atom. The van der Waals surface area contributed by atoms with Crippen molar-refractivity contribution in [2.75, 3.05) is 31.6 Å². The van der Waals surface area contributed by atoms with Gasteiger partial charge in [-0.25, -0.2) is 0 Å². The molecule has 0 radical (unpaired) electrons. The van der Waals surface area contributed by atoms with E-state index in [1.165, 1.54) is 0 Å². The van der Waals surface area contributed by atoms with Gasteiger partial charge in [0.1, 0.15) is 0 Å². The predicted octanol–water partition coefficient (Wildman–Crippen LogP) is 3.25. The Kier molecular flexibility index (Phi) is 5.97. The maximum atomic E-state index is 12.5. The zero-order valence-corrected chi connectivity index (χ0v) is 15.3. The minimum absolute atomic E-state index is 0.0252. The molecule has 0 atom stereocenters. The molecule has 3 rings (SSSR count). The molecule has 5 nitrogen and oxygen atoms in total. The van der Waals surface area contributed by atoms with Crippen LogP contribution >= 0.6 is 11.6 Å². The summed E-state index contributed by atoms with van der Waals surface area (Å²) in [6, 6.07) is 5.55. The highest BCUT2D eigenvalue weighted by Crippen LogP contribution is 2.31. The first-order chi connectivity index (χ1) is 12.0. The third kappa shape index (κ3) is 4.53. The molecule has 136 valence electrons. The fourth-order valence-electron chi connectivity index (χ4n) is 3.56. The second kappa shape index (κ2) is 8.19. The van der Waals surface area contributed by atoms with Gasteiger partial charge in [0.25, 0.3) is 0 Å². The average molecular weight is 365 g/mol. The van der Waals surface area contributed by atoms with Crippen LogP contribution in [0, 0.1) is 18.8 Å². The van der Waals surface area contributed by atoms with Crippen LogP contribution in [0.5, 0.6) is 0 Å². The minimum atomic E-state index is -0.0335. The summed E-state index contributed by atoms with van der Waals surface area (Å²) in [7, 11) is 0. The summed E-state index contributed by atoms with van der Waals surface area (Å²) < 4.78 is 5.30. The van der Waals surface area contributed by atoms with Crippen LogP contribution in [0.3, 0.4) is 0 Å². The average Bonchev–Trinajstić information content (AvgIpc) is 2.65. The molecule has 2 fully saturated rings. The van der Waals surface area contributed by atoms with E-state index >= 15 is 0 Å². The van der Waals surface area contributed by atoms with Crippen LogP contribution in [-0.4, -0.2) is 43.0 Å². The maximum Gasteiger partial charge on any atom is 0.227 e. The number of benzene rings is 1. The first-order valence-electron chi connectivity index (χ1n) is 8.98. The van der Waals surface area contributed by atoms with E-state index in [1.807, 2.05) is 24.0 Å². The molecular weight excluding hydrogens is 340 g/mol. The number of anilines is 1. The van der Waals surface area contributed by atoms with E-state index in [-0.39, 0.29) is 23.7 Å². The highest BCUT2D eigenvalue weighted by molar-refractivity contribution is 6.31. The molecule has 1 heterocycles. The van der Waals surface area contributed by atoms with Crippen molar-refractivity contribution in [2.45, 2.75) is 32.6 Å². The van der Waals surface area contributed by atoms with Crippen LogP contribution in [0.2, 0.25) is 5.02 Å². The first kappa shape index (κ1) is 18.2. The van der Waals surface area contributed by atoms with E-state index in [9.17, 15) is 9.59 Å². The lowest BCUT2D eigenvalue weighted by atomic mass is 9.81. The molecule has 2 amide bonds. The minimum Gasteiger partial charge on any atom is -0.378 e. The van der Waals surface area contributed by atoms with E-state index in [0.29, 0.717) is 31.3 Å². The number of halogens is 1. The third-order valence-electron chi connectivity index (χ3n) is 5.21. The molecule has 6 heteroatoms. The molecule has 1 aliphatic heterocycles. The highest BCUT2D eigenvalue weighted by atomic mass is 35.5. The third-order valence-corrected chi connectivity index (χ3v) is 5.62. The number of nitrogens with zero attached hydrogens (tertiary/aromatic N) is 1. The molecule has 0 bridgehead atoms. The summed E-state index contributed by atoms with van der Waals surface area (Å²) in [5, 5.41) is 3.60. The normalized spacial score (nSPS) is 24.0. The monoisotopic (exact) mass is 364 g/mol. The molecule has 0 spiro atoms. The van der Waals surface area contributed by atoms with Crippen molar-refractivity contribution in [3.8, 4) is 0 Å². The van der Waals surface area contributed by atoms with Gasteiger partial charge in [-0.3, -0.25) is 9.59 Å². The number of morpholine rings is 1. The fraction of sp³-hybridized carbons (Fsp3) is 0.579.